The molecule has 0 saturated carbocycles. The maximum absolute atomic E-state index is 2.53. The summed E-state index contributed by atoms with van der Waals surface area (Å²) < 4.78 is 2.46. The van der Waals surface area contributed by atoms with E-state index in [1.54, 1.807) is 0 Å². The monoisotopic (exact) mass is 627 g/mol. The van der Waals surface area contributed by atoms with Gasteiger partial charge in [-0.3, -0.25) is 0 Å². The van der Waals surface area contributed by atoms with Gasteiger partial charge in [-0.05, 0) is 109 Å². The molecular weight excluding hydrogens is 591 g/mol. The summed E-state index contributed by atoms with van der Waals surface area (Å²) in [5, 5.41) is 10.6. The van der Waals surface area contributed by atoms with Crippen LogP contribution < -0.4 is 0 Å². The van der Waals surface area contributed by atoms with Crippen LogP contribution in [0.25, 0.3) is 59.8 Å². The van der Waals surface area contributed by atoms with Gasteiger partial charge in [0.2, 0.25) is 0 Å². The highest BCUT2D eigenvalue weighted by molar-refractivity contribution is 6.25. The van der Waals surface area contributed by atoms with Gasteiger partial charge in [0.25, 0.3) is 0 Å². The van der Waals surface area contributed by atoms with Crippen molar-refractivity contribution in [2.75, 3.05) is 0 Å². The van der Waals surface area contributed by atoms with E-state index < -0.39 is 0 Å². The molecule has 0 radical (unpaired) electrons. The zero-order valence-corrected chi connectivity index (χ0v) is 27.9. The quantitative estimate of drug-likeness (QED) is 0.168. The molecule has 0 bridgehead atoms. The molecule has 0 amide bonds. The van der Waals surface area contributed by atoms with E-state index >= 15 is 0 Å². The molecule has 0 N–H and O–H groups in total. The number of hydrogen-bond donors (Lipinski definition) is 0. The standard InChI is InChI=1S/C48H37N/c1-48(2)44-22-12-10-20-40(44)34(31-24-27-39-37-18-7-6-16-35(37)36-17-8-9-19-38(36)42(39)28-31)26-25-32-29-43-41-21-11-13-23-46(41)49(47(43)30-45(32)48)33-14-4-3-5-15-33/h3-24,27-30,34H,25-26H2,1-2H3. The lowest BCUT2D eigenvalue weighted by Crippen LogP contribution is -2.26. The number of aryl methyl sites for hydroxylation is 1. The van der Waals surface area contributed by atoms with Gasteiger partial charge in [-0.15, -0.1) is 0 Å². The topological polar surface area (TPSA) is 4.93 Å². The van der Waals surface area contributed by atoms with Crippen molar-refractivity contribution in [2.45, 2.75) is 38.0 Å². The van der Waals surface area contributed by atoms with Crippen molar-refractivity contribution < 1.29 is 0 Å². The lowest BCUT2D eigenvalue weighted by molar-refractivity contribution is 0.583. The Morgan fingerprint density at radius 2 is 1.06 bits per heavy atom. The smallest absolute Gasteiger partial charge is 0.0544 e. The summed E-state index contributed by atoms with van der Waals surface area (Å²) in [6, 6.07) is 59.2. The summed E-state index contributed by atoms with van der Waals surface area (Å²) in [5.74, 6) is 0.291. The molecule has 1 aliphatic carbocycles. The Morgan fingerprint density at radius 3 is 1.80 bits per heavy atom. The fourth-order valence-electron chi connectivity index (χ4n) is 9.16. The number of fused-ring (bicyclic) bond motifs is 11. The van der Waals surface area contributed by atoms with Gasteiger partial charge < -0.3 is 4.57 Å². The molecule has 0 fully saturated rings. The Hall–Kier alpha value is -5.66. The summed E-state index contributed by atoms with van der Waals surface area (Å²) in [6.45, 7) is 4.88. The average Bonchev–Trinajstić information content (AvgIpc) is 3.48. The molecule has 49 heavy (non-hydrogen) atoms. The third kappa shape index (κ3) is 4.18. The van der Waals surface area contributed by atoms with Crippen molar-refractivity contribution >= 4 is 54.1 Å². The van der Waals surface area contributed by atoms with E-state index in [1.807, 2.05) is 0 Å². The average molecular weight is 628 g/mol. The van der Waals surface area contributed by atoms with Crippen LogP contribution in [-0.4, -0.2) is 4.57 Å². The largest absolute Gasteiger partial charge is 0.309 e. The first-order valence-corrected chi connectivity index (χ1v) is 17.6. The maximum atomic E-state index is 2.53. The molecule has 0 spiro atoms. The number of benzene rings is 8. The molecule has 1 nitrogen and oxygen atoms in total. The van der Waals surface area contributed by atoms with Crippen molar-refractivity contribution in [1.82, 2.24) is 4.57 Å². The highest BCUT2D eigenvalue weighted by Crippen LogP contribution is 2.47. The number of rotatable bonds is 2. The molecule has 0 aliphatic heterocycles. The lowest BCUT2D eigenvalue weighted by Gasteiger charge is -2.36. The molecule has 1 heterocycles. The van der Waals surface area contributed by atoms with Crippen LogP contribution in [0.15, 0.2) is 158 Å². The third-order valence-electron chi connectivity index (χ3n) is 11.5. The Morgan fingerprint density at radius 1 is 0.469 bits per heavy atom. The Kier molecular flexibility index (Phi) is 6.18. The predicted octanol–water partition coefficient (Wildman–Crippen LogP) is 12.6. The Labute approximate surface area is 287 Å². The van der Waals surface area contributed by atoms with E-state index in [4.69, 9.17) is 0 Å². The second kappa shape index (κ2) is 10.7. The fourth-order valence-corrected chi connectivity index (χ4v) is 9.16. The highest BCUT2D eigenvalue weighted by atomic mass is 15.0. The zero-order valence-electron chi connectivity index (χ0n) is 27.9. The molecule has 1 atom stereocenters. The SMILES string of the molecule is CC1(C)c2cc3c(cc2CCC(c2ccc4c5ccccc5c5ccccc5c4c2)c2ccccc21)c1ccccc1n3-c1ccccc1. The third-order valence-corrected chi connectivity index (χ3v) is 11.5. The van der Waals surface area contributed by atoms with E-state index in [0.717, 1.165) is 12.8 Å². The van der Waals surface area contributed by atoms with Crippen molar-refractivity contribution in [2.24, 2.45) is 0 Å². The van der Waals surface area contributed by atoms with Gasteiger partial charge in [0.1, 0.15) is 0 Å². The second-order valence-corrected chi connectivity index (χ2v) is 14.4. The highest BCUT2D eigenvalue weighted by Gasteiger charge is 2.34. The molecule has 10 rings (SSSR count). The van der Waals surface area contributed by atoms with Crippen LogP contribution in [0, 0.1) is 0 Å². The molecule has 1 unspecified atom stereocenters. The van der Waals surface area contributed by atoms with Gasteiger partial charge in [0.15, 0.2) is 0 Å². The van der Waals surface area contributed by atoms with Gasteiger partial charge in [-0.25, -0.2) is 0 Å². The molecular formula is C48H37N. The minimum absolute atomic E-state index is 0.184. The van der Waals surface area contributed by atoms with E-state index in [9.17, 15) is 0 Å². The maximum Gasteiger partial charge on any atom is 0.0544 e. The molecule has 1 aromatic heterocycles. The minimum atomic E-state index is -0.184. The first-order valence-electron chi connectivity index (χ1n) is 17.6. The van der Waals surface area contributed by atoms with E-state index in [1.165, 1.54) is 87.6 Å². The summed E-state index contributed by atoms with van der Waals surface area (Å²) in [7, 11) is 0. The Balaban J connectivity index is 1.20. The summed E-state index contributed by atoms with van der Waals surface area (Å²) >= 11 is 0. The number of hydrogen-bond acceptors (Lipinski definition) is 0. The lowest BCUT2D eigenvalue weighted by atomic mass is 9.68. The van der Waals surface area contributed by atoms with Gasteiger partial charge in [-0.2, -0.15) is 0 Å². The van der Waals surface area contributed by atoms with E-state index in [2.05, 4.69) is 176 Å². The van der Waals surface area contributed by atoms with Gasteiger partial charge >= 0.3 is 0 Å². The van der Waals surface area contributed by atoms with Crippen molar-refractivity contribution in [3.63, 3.8) is 0 Å². The van der Waals surface area contributed by atoms with Crippen molar-refractivity contribution in [1.29, 1.82) is 0 Å². The Bertz CT molecular complexity index is 2710. The van der Waals surface area contributed by atoms with Crippen LogP contribution in [0.4, 0.5) is 0 Å². The van der Waals surface area contributed by atoms with Crippen molar-refractivity contribution in [3.8, 4) is 5.69 Å². The molecule has 9 aromatic rings. The molecule has 8 aromatic carbocycles. The molecule has 234 valence electrons. The molecule has 0 saturated heterocycles. The van der Waals surface area contributed by atoms with Gasteiger partial charge in [-0.1, -0.05) is 135 Å². The van der Waals surface area contributed by atoms with Gasteiger partial charge in [0, 0.05) is 27.8 Å². The van der Waals surface area contributed by atoms with Crippen LogP contribution in [0.2, 0.25) is 0 Å². The van der Waals surface area contributed by atoms with Crippen LogP contribution in [0.1, 0.15) is 54.0 Å². The first-order chi connectivity index (χ1) is 24.1. The zero-order chi connectivity index (χ0) is 32.7. The second-order valence-electron chi connectivity index (χ2n) is 14.4. The predicted molar refractivity (Wildman–Crippen MR) is 208 cm³/mol. The fraction of sp³-hybridized carbons (Fsp3) is 0.125. The number of aromatic nitrogens is 1. The number of para-hydroxylation sites is 2. The summed E-state index contributed by atoms with van der Waals surface area (Å²) in [6.07, 6.45) is 2.08. The normalized spacial score (nSPS) is 15.8. The summed E-state index contributed by atoms with van der Waals surface area (Å²) in [5.41, 5.74) is 10.7. The van der Waals surface area contributed by atoms with E-state index in [-0.39, 0.29) is 5.41 Å². The number of nitrogens with zero attached hydrogens (tertiary/aromatic N) is 1. The van der Waals surface area contributed by atoms with Crippen LogP contribution in [0.3, 0.4) is 0 Å². The first kappa shape index (κ1) is 28.4. The molecule has 1 heteroatoms. The molecule has 1 aliphatic rings. The minimum Gasteiger partial charge on any atom is -0.309 e. The van der Waals surface area contributed by atoms with Gasteiger partial charge in [0.05, 0.1) is 11.0 Å². The van der Waals surface area contributed by atoms with Crippen LogP contribution in [-0.2, 0) is 11.8 Å². The van der Waals surface area contributed by atoms with Crippen molar-refractivity contribution in [3.05, 3.63) is 186 Å². The van der Waals surface area contributed by atoms with Crippen LogP contribution in [0.5, 0.6) is 0 Å². The van der Waals surface area contributed by atoms with Crippen LogP contribution >= 0.6 is 0 Å². The summed E-state index contributed by atoms with van der Waals surface area (Å²) in [4.78, 5) is 0. The van der Waals surface area contributed by atoms with E-state index in [0.29, 0.717) is 5.92 Å².